The Kier molecular flexibility index (Phi) is 1.95. The molecule has 0 spiro atoms. The summed E-state index contributed by atoms with van der Waals surface area (Å²) >= 11 is 2.83. The molecule has 0 atom stereocenters. The van der Waals surface area contributed by atoms with Crippen LogP contribution in [0.15, 0.2) is 16.7 Å². The van der Waals surface area contributed by atoms with Crippen LogP contribution in [0, 0.1) is 15.9 Å². The van der Waals surface area contributed by atoms with E-state index in [0.29, 0.717) is 5.52 Å². The van der Waals surface area contributed by atoms with Crippen molar-refractivity contribution in [1.29, 1.82) is 0 Å². The van der Waals surface area contributed by atoms with Gasteiger partial charge in [0.25, 0.3) is 5.69 Å². The Morgan fingerprint density at radius 3 is 3.00 bits per heavy atom. The summed E-state index contributed by atoms with van der Waals surface area (Å²) in [6.45, 7) is 0. The van der Waals surface area contributed by atoms with Crippen LogP contribution >= 0.6 is 15.9 Å². The summed E-state index contributed by atoms with van der Waals surface area (Å²) in [6, 6.07) is 1.23. The molecule has 14 heavy (non-hydrogen) atoms. The SMILES string of the molecule is O=[N+]([O-])c1cc2[nH]ncc2c(F)c1Br. The van der Waals surface area contributed by atoms with Crippen LogP contribution in [0.1, 0.15) is 0 Å². The molecule has 0 saturated heterocycles. The van der Waals surface area contributed by atoms with Crippen molar-refractivity contribution in [3.05, 3.63) is 32.7 Å². The normalized spacial score (nSPS) is 10.7. The summed E-state index contributed by atoms with van der Waals surface area (Å²) in [4.78, 5) is 9.85. The Labute approximate surface area is 85.2 Å². The number of hydrogen-bond donors (Lipinski definition) is 1. The summed E-state index contributed by atoms with van der Waals surface area (Å²) in [5.41, 5.74) is -0.0170. The minimum Gasteiger partial charge on any atom is -0.277 e. The predicted octanol–water partition coefficient (Wildman–Crippen LogP) is 2.37. The number of hydrogen-bond acceptors (Lipinski definition) is 3. The fourth-order valence-corrected chi connectivity index (χ4v) is 1.62. The number of benzene rings is 1. The van der Waals surface area contributed by atoms with Crippen molar-refractivity contribution in [3.63, 3.8) is 0 Å². The van der Waals surface area contributed by atoms with E-state index in [2.05, 4.69) is 26.1 Å². The lowest BCUT2D eigenvalue weighted by molar-refractivity contribution is -0.385. The van der Waals surface area contributed by atoms with E-state index in [1.165, 1.54) is 12.3 Å². The van der Waals surface area contributed by atoms with Crippen LogP contribution in [0.3, 0.4) is 0 Å². The van der Waals surface area contributed by atoms with Gasteiger partial charge in [-0.25, -0.2) is 4.39 Å². The van der Waals surface area contributed by atoms with Gasteiger partial charge in [-0.2, -0.15) is 5.10 Å². The lowest BCUT2D eigenvalue weighted by Crippen LogP contribution is -1.92. The van der Waals surface area contributed by atoms with Gasteiger partial charge in [-0.3, -0.25) is 15.2 Å². The van der Waals surface area contributed by atoms with Crippen molar-refractivity contribution in [2.24, 2.45) is 0 Å². The van der Waals surface area contributed by atoms with E-state index < -0.39 is 10.7 Å². The summed E-state index contributed by atoms with van der Waals surface area (Å²) < 4.78 is 13.3. The number of nitrogens with zero attached hydrogens (tertiary/aromatic N) is 2. The van der Waals surface area contributed by atoms with Gasteiger partial charge in [-0.1, -0.05) is 0 Å². The Morgan fingerprint density at radius 1 is 1.64 bits per heavy atom. The molecule has 1 N–H and O–H groups in total. The highest BCUT2D eigenvalue weighted by Gasteiger charge is 2.20. The second-order valence-corrected chi connectivity index (χ2v) is 3.41. The van der Waals surface area contributed by atoms with Crippen LogP contribution in [-0.4, -0.2) is 15.1 Å². The number of fused-ring (bicyclic) bond motifs is 1. The van der Waals surface area contributed by atoms with Crippen LogP contribution in [0.4, 0.5) is 10.1 Å². The molecular formula is C7H3BrFN3O2. The number of aromatic amines is 1. The second kappa shape index (κ2) is 3.02. The lowest BCUT2D eigenvalue weighted by Gasteiger charge is -1.97. The predicted molar refractivity (Wildman–Crippen MR) is 50.4 cm³/mol. The minimum absolute atomic E-state index is 0.156. The Hall–Kier alpha value is -1.50. The molecule has 2 aromatic rings. The molecule has 0 radical (unpaired) electrons. The van der Waals surface area contributed by atoms with E-state index in [4.69, 9.17) is 0 Å². The summed E-state index contributed by atoms with van der Waals surface area (Å²) in [5.74, 6) is -0.678. The molecule has 0 bridgehead atoms. The third-order valence-corrected chi connectivity index (χ3v) is 2.55. The smallest absolute Gasteiger partial charge is 0.277 e. The summed E-state index contributed by atoms with van der Waals surface area (Å²) in [5, 5.41) is 16.8. The van der Waals surface area contributed by atoms with Gasteiger partial charge >= 0.3 is 0 Å². The first-order valence-electron chi connectivity index (χ1n) is 3.56. The average Bonchev–Trinajstić information content (AvgIpc) is 2.58. The molecule has 0 aliphatic rings. The molecule has 1 aromatic carbocycles. The molecule has 5 nitrogen and oxygen atoms in total. The van der Waals surface area contributed by atoms with E-state index in [1.807, 2.05) is 0 Å². The van der Waals surface area contributed by atoms with Crippen molar-refractivity contribution in [3.8, 4) is 0 Å². The first kappa shape index (κ1) is 9.07. The van der Waals surface area contributed by atoms with Crippen molar-refractivity contribution >= 4 is 32.5 Å². The number of nitrogens with one attached hydrogen (secondary N) is 1. The van der Waals surface area contributed by atoms with Crippen LogP contribution in [0.2, 0.25) is 0 Å². The van der Waals surface area contributed by atoms with E-state index in [-0.39, 0.29) is 15.5 Å². The van der Waals surface area contributed by atoms with Crippen molar-refractivity contribution in [2.75, 3.05) is 0 Å². The first-order valence-corrected chi connectivity index (χ1v) is 4.36. The number of nitro groups is 1. The van der Waals surface area contributed by atoms with Gasteiger partial charge in [0.15, 0.2) is 5.82 Å². The van der Waals surface area contributed by atoms with E-state index in [0.717, 1.165) is 0 Å². The number of aromatic nitrogens is 2. The van der Waals surface area contributed by atoms with E-state index >= 15 is 0 Å². The zero-order valence-electron chi connectivity index (χ0n) is 6.62. The maximum absolute atomic E-state index is 13.4. The third kappa shape index (κ3) is 1.17. The molecule has 0 aliphatic carbocycles. The maximum atomic E-state index is 13.4. The molecule has 1 heterocycles. The number of nitro benzene ring substituents is 1. The molecular weight excluding hydrogens is 257 g/mol. The van der Waals surface area contributed by atoms with Gasteiger partial charge in [-0.05, 0) is 15.9 Å². The maximum Gasteiger partial charge on any atom is 0.288 e. The van der Waals surface area contributed by atoms with E-state index in [9.17, 15) is 14.5 Å². The highest BCUT2D eigenvalue weighted by atomic mass is 79.9. The molecule has 2 rings (SSSR count). The minimum atomic E-state index is -0.678. The van der Waals surface area contributed by atoms with Gasteiger partial charge in [-0.15, -0.1) is 0 Å². The van der Waals surface area contributed by atoms with Crippen LogP contribution in [0.25, 0.3) is 10.9 Å². The summed E-state index contributed by atoms with van der Waals surface area (Å²) in [6.07, 6.45) is 1.28. The summed E-state index contributed by atoms with van der Waals surface area (Å²) in [7, 11) is 0. The van der Waals surface area contributed by atoms with Crippen molar-refractivity contribution in [2.45, 2.75) is 0 Å². The lowest BCUT2D eigenvalue weighted by atomic mass is 10.2. The van der Waals surface area contributed by atoms with Crippen LogP contribution in [-0.2, 0) is 0 Å². The molecule has 0 fully saturated rings. The molecule has 0 saturated carbocycles. The third-order valence-electron chi connectivity index (χ3n) is 1.80. The quantitative estimate of drug-likeness (QED) is 0.631. The number of halogens is 2. The van der Waals surface area contributed by atoms with Gasteiger partial charge in [0.1, 0.15) is 4.47 Å². The Bertz CT molecular complexity index is 525. The second-order valence-electron chi connectivity index (χ2n) is 2.61. The molecule has 7 heteroatoms. The molecule has 72 valence electrons. The van der Waals surface area contributed by atoms with Crippen molar-refractivity contribution in [1.82, 2.24) is 10.2 Å². The molecule has 0 unspecified atom stereocenters. The van der Waals surface area contributed by atoms with Gasteiger partial charge < -0.3 is 0 Å². The topological polar surface area (TPSA) is 71.8 Å². The average molecular weight is 260 g/mol. The number of H-pyrrole nitrogens is 1. The highest BCUT2D eigenvalue weighted by molar-refractivity contribution is 9.10. The molecule has 0 amide bonds. The molecule has 1 aromatic heterocycles. The monoisotopic (exact) mass is 259 g/mol. The van der Waals surface area contributed by atoms with Crippen LogP contribution < -0.4 is 0 Å². The molecule has 0 aliphatic heterocycles. The fraction of sp³-hybridized carbons (Fsp3) is 0. The van der Waals surface area contributed by atoms with Gasteiger partial charge in [0.05, 0.1) is 22.0 Å². The van der Waals surface area contributed by atoms with Gasteiger partial charge in [0.2, 0.25) is 0 Å². The highest BCUT2D eigenvalue weighted by Crippen LogP contribution is 2.32. The number of rotatable bonds is 1. The largest absolute Gasteiger partial charge is 0.288 e. The zero-order valence-corrected chi connectivity index (χ0v) is 8.21. The Morgan fingerprint density at radius 2 is 2.36 bits per heavy atom. The van der Waals surface area contributed by atoms with Crippen LogP contribution in [0.5, 0.6) is 0 Å². The van der Waals surface area contributed by atoms with Gasteiger partial charge in [0, 0.05) is 6.07 Å². The van der Waals surface area contributed by atoms with E-state index in [1.54, 1.807) is 0 Å². The standard InChI is InChI=1S/C7H3BrFN3O2/c8-6-5(12(13)14)1-4-3(7(6)9)2-10-11-4/h1-2H,(H,10,11). The fourth-order valence-electron chi connectivity index (χ4n) is 1.14. The van der Waals surface area contributed by atoms with Crippen molar-refractivity contribution < 1.29 is 9.31 Å². The zero-order chi connectivity index (χ0) is 10.3. The first-order chi connectivity index (χ1) is 6.61. The Balaban J connectivity index is 2.87.